The van der Waals surface area contributed by atoms with Crippen molar-refractivity contribution >= 4 is 16.7 Å². The van der Waals surface area contributed by atoms with E-state index in [4.69, 9.17) is 5.73 Å². The third-order valence-electron chi connectivity index (χ3n) is 4.21. The fourth-order valence-electron chi connectivity index (χ4n) is 2.97. The van der Waals surface area contributed by atoms with Crippen molar-refractivity contribution in [2.24, 2.45) is 0 Å². The Balaban J connectivity index is 1.88. The summed E-state index contributed by atoms with van der Waals surface area (Å²) in [5.74, 6) is 6.77. The summed E-state index contributed by atoms with van der Waals surface area (Å²) in [5.41, 5.74) is 11.0. The molecule has 1 unspecified atom stereocenters. The first kappa shape index (κ1) is 15.1. The third kappa shape index (κ3) is 2.88. The fourth-order valence-corrected chi connectivity index (χ4v) is 2.97. The van der Waals surface area contributed by atoms with E-state index in [9.17, 15) is 0 Å². The van der Waals surface area contributed by atoms with Gasteiger partial charge < -0.3 is 5.73 Å². The highest BCUT2D eigenvalue weighted by atomic mass is 14.9. The minimum absolute atomic E-state index is 0.0498. The lowest BCUT2D eigenvalue weighted by Crippen LogP contribution is -2.00. The van der Waals surface area contributed by atoms with Gasteiger partial charge in [0.05, 0.1) is 17.1 Å². The Morgan fingerprint density at radius 1 is 1.12 bits per heavy atom. The maximum absolute atomic E-state index is 6.02. The zero-order valence-electron chi connectivity index (χ0n) is 13.8. The van der Waals surface area contributed by atoms with E-state index in [-0.39, 0.29) is 5.92 Å². The monoisotopic (exact) mass is 324 g/mol. The number of nitrogens with zero attached hydrogens (tertiary/aromatic N) is 3. The second-order valence-electron chi connectivity index (χ2n) is 5.94. The number of pyridine rings is 1. The highest BCUT2D eigenvalue weighted by Gasteiger charge is 2.15. The van der Waals surface area contributed by atoms with Crippen molar-refractivity contribution in [1.82, 2.24) is 15.0 Å². The van der Waals surface area contributed by atoms with Gasteiger partial charge in [-0.25, -0.2) is 9.97 Å². The second-order valence-corrected chi connectivity index (χ2v) is 5.94. The van der Waals surface area contributed by atoms with Gasteiger partial charge in [-0.3, -0.25) is 4.98 Å². The summed E-state index contributed by atoms with van der Waals surface area (Å²) < 4.78 is 0. The minimum Gasteiger partial charge on any atom is -0.383 e. The Labute approximate surface area is 146 Å². The van der Waals surface area contributed by atoms with Gasteiger partial charge in [0.15, 0.2) is 0 Å². The average Bonchev–Trinajstić information content (AvgIpc) is 2.86. The summed E-state index contributed by atoms with van der Waals surface area (Å²) in [7, 11) is 0. The van der Waals surface area contributed by atoms with Crippen LogP contribution in [0.4, 0.5) is 5.82 Å². The number of rotatable bonds is 2. The molecule has 1 aliphatic carbocycles. The SMILES string of the molecule is CC1=CC(c2ncccc2-c2ccc3ncnc(N)c3c2)C#CC=C1. The van der Waals surface area contributed by atoms with E-state index in [1.54, 1.807) is 6.20 Å². The van der Waals surface area contributed by atoms with Gasteiger partial charge in [-0.1, -0.05) is 41.7 Å². The normalized spacial score (nSPS) is 16.0. The van der Waals surface area contributed by atoms with E-state index in [0.29, 0.717) is 5.82 Å². The Morgan fingerprint density at radius 2 is 2.04 bits per heavy atom. The van der Waals surface area contributed by atoms with E-state index in [1.165, 1.54) is 6.33 Å². The van der Waals surface area contributed by atoms with E-state index in [2.05, 4.69) is 45.9 Å². The number of aromatic nitrogens is 3. The summed E-state index contributed by atoms with van der Waals surface area (Å²) in [6.45, 7) is 2.06. The van der Waals surface area contributed by atoms with Gasteiger partial charge >= 0.3 is 0 Å². The Kier molecular flexibility index (Phi) is 3.75. The molecule has 3 aromatic rings. The lowest BCUT2D eigenvalue weighted by Gasteiger charge is -2.13. The molecule has 0 saturated heterocycles. The number of nitrogen functional groups attached to an aromatic ring is 1. The molecule has 120 valence electrons. The maximum Gasteiger partial charge on any atom is 0.134 e. The van der Waals surface area contributed by atoms with Crippen LogP contribution in [0.3, 0.4) is 0 Å². The van der Waals surface area contributed by atoms with Gasteiger partial charge in [-0.05, 0) is 36.8 Å². The average molecular weight is 324 g/mol. The van der Waals surface area contributed by atoms with Crippen LogP contribution >= 0.6 is 0 Å². The number of hydrogen-bond acceptors (Lipinski definition) is 4. The molecule has 0 spiro atoms. The van der Waals surface area contributed by atoms with Crippen molar-refractivity contribution in [1.29, 1.82) is 0 Å². The van der Waals surface area contributed by atoms with Crippen LogP contribution in [0.5, 0.6) is 0 Å². The lowest BCUT2D eigenvalue weighted by molar-refractivity contribution is 1.02. The van der Waals surface area contributed by atoms with Gasteiger partial charge in [0.25, 0.3) is 0 Å². The standard InChI is InChI=1S/C21H16N4/c1-14-5-2-3-6-16(11-14)20-17(7-4-10-23-20)15-8-9-19-18(12-15)21(22)25-13-24-19/h2,4-5,7-13,16H,1H3,(H2,22,24,25). The Morgan fingerprint density at radius 3 is 2.96 bits per heavy atom. The molecule has 25 heavy (non-hydrogen) atoms. The van der Waals surface area contributed by atoms with Crippen LogP contribution in [-0.4, -0.2) is 15.0 Å². The van der Waals surface area contributed by atoms with Crippen molar-refractivity contribution < 1.29 is 0 Å². The van der Waals surface area contributed by atoms with Gasteiger partial charge in [-0.2, -0.15) is 0 Å². The van der Waals surface area contributed by atoms with E-state index >= 15 is 0 Å². The summed E-state index contributed by atoms with van der Waals surface area (Å²) in [6.07, 6.45) is 9.32. The summed E-state index contributed by atoms with van der Waals surface area (Å²) in [4.78, 5) is 13.0. The van der Waals surface area contributed by atoms with Crippen LogP contribution in [0.25, 0.3) is 22.0 Å². The highest BCUT2D eigenvalue weighted by molar-refractivity contribution is 5.91. The predicted octanol–water partition coefficient (Wildman–Crippen LogP) is 3.88. The first-order chi connectivity index (χ1) is 12.2. The molecule has 0 bridgehead atoms. The quantitative estimate of drug-likeness (QED) is 0.727. The largest absolute Gasteiger partial charge is 0.383 e. The molecule has 2 heterocycles. The predicted molar refractivity (Wildman–Crippen MR) is 101 cm³/mol. The van der Waals surface area contributed by atoms with Crippen LogP contribution in [0, 0.1) is 11.8 Å². The number of fused-ring (bicyclic) bond motifs is 1. The molecule has 4 heteroatoms. The molecule has 1 aliphatic rings. The van der Waals surface area contributed by atoms with E-state index in [1.807, 2.05) is 36.4 Å². The fraction of sp³-hybridized carbons (Fsp3) is 0.0952. The van der Waals surface area contributed by atoms with Crippen molar-refractivity contribution in [3.8, 4) is 23.0 Å². The smallest absolute Gasteiger partial charge is 0.134 e. The zero-order valence-corrected chi connectivity index (χ0v) is 13.8. The second kappa shape index (κ2) is 6.21. The topological polar surface area (TPSA) is 64.7 Å². The van der Waals surface area contributed by atoms with Crippen LogP contribution in [0.15, 0.2) is 66.7 Å². The summed E-state index contributed by atoms with van der Waals surface area (Å²) in [5, 5.41) is 0.843. The number of benzene rings is 1. The number of anilines is 1. The Hall–Kier alpha value is -3.45. The molecular weight excluding hydrogens is 308 g/mol. The molecule has 0 aliphatic heterocycles. The molecule has 2 aromatic heterocycles. The molecule has 4 rings (SSSR count). The van der Waals surface area contributed by atoms with Crippen LogP contribution in [0.2, 0.25) is 0 Å². The molecule has 1 aromatic carbocycles. The number of allylic oxidation sites excluding steroid dienone is 4. The molecule has 2 N–H and O–H groups in total. The lowest BCUT2D eigenvalue weighted by atomic mass is 9.94. The Bertz CT molecular complexity index is 1080. The third-order valence-corrected chi connectivity index (χ3v) is 4.21. The summed E-state index contributed by atoms with van der Waals surface area (Å²) in [6, 6.07) is 10.0. The molecule has 0 fully saturated rings. The van der Waals surface area contributed by atoms with Crippen molar-refractivity contribution in [2.45, 2.75) is 12.8 Å². The van der Waals surface area contributed by atoms with Crippen LogP contribution in [0.1, 0.15) is 18.5 Å². The van der Waals surface area contributed by atoms with Crippen molar-refractivity contribution in [2.75, 3.05) is 5.73 Å². The van der Waals surface area contributed by atoms with Gasteiger partial charge in [0.2, 0.25) is 0 Å². The van der Waals surface area contributed by atoms with Crippen LogP contribution in [-0.2, 0) is 0 Å². The molecule has 0 radical (unpaired) electrons. The molecular formula is C21H16N4. The molecule has 1 atom stereocenters. The van der Waals surface area contributed by atoms with Crippen molar-refractivity contribution in [3.05, 3.63) is 72.4 Å². The van der Waals surface area contributed by atoms with Gasteiger partial charge in [-0.15, -0.1) is 0 Å². The number of nitrogens with two attached hydrogens (primary N) is 1. The first-order valence-electron chi connectivity index (χ1n) is 8.04. The molecule has 0 amide bonds. The van der Waals surface area contributed by atoms with Gasteiger partial charge in [0.1, 0.15) is 12.1 Å². The highest BCUT2D eigenvalue weighted by Crippen LogP contribution is 2.32. The molecule has 0 saturated carbocycles. The summed E-state index contributed by atoms with van der Waals surface area (Å²) >= 11 is 0. The number of hydrogen-bond donors (Lipinski definition) is 1. The zero-order chi connectivity index (χ0) is 17.2. The first-order valence-corrected chi connectivity index (χ1v) is 8.04. The van der Waals surface area contributed by atoms with Crippen molar-refractivity contribution in [3.63, 3.8) is 0 Å². The van der Waals surface area contributed by atoms with Gasteiger partial charge in [0, 0.05) is 17.1 Å². The minimum atomic E-state index is -0.0498. The van der Waals surface area contributed by atoms with E-state index < -0.39 is 0 Å². The van der Waals surface area contributed by atoms with Crippen LogP contribution < -0.4 is 5.73 Å². The van der Waals surface area contributed by atoms with E-state index in [0.717, 1.165) is 33.3 Å². The molecule has 4 nitrogen and oxygen atoms in total. The maximum atomic E-state index is 6.02.